The third-order valence-electron chi connectivity index (χ3n) is 2.73. The van der Waals surface area contributed by atoms with Crippen molar-refractivity contribution in [2.24, 2.45) is 5.92 Å². The Hall–Kier alpha value is -0.790. The molecule has 15 heavy (non-hydrogen) atoms. The van der Waals surface area contributed by atoms with Crippen LogP contribution < -0.4 is 0 Å². The van der Waals surface area contributed by atoms with E-state index < -0.39 is 0 Å². The standard InChI is InChI=1S/C13H24O2/c1-4-7-8-9-12(5-2)10-11-15-13(14)6-3/h6,12H,3-5,7-11H2,1-2H3. The molecule has 0 radical (unpaired) electrons. The number of carbonyl (C=O) groups excluding carboxylic acids is 1. The third kappa shape index (κ3) is 8.22. The maximum atomic E-state index is 10.8. The van der Waals surface area contributed by atoms with Crippen molar-refractivity contribution in [1.29, 1.82) is 0 Å². The number of esters is 1. The van der Waals surface area contributed by atoms with Crippen LogP contribution in [0, 0.1) is 5.92 Å². The number of carbonyl (C=O) groups is 1. The van der Waals surface area contributed by atoms with Gasteiger partial charge >= 0.3 is 5.97 Å². The van der Waals surface area contributed by atoms with E-state index in [-0.39, 0.29) is 5.97 Å². The molecule has 0 aliphatic heterocycles. The van der Waals surface area contributed by atoms with Crippen molar-refractivity contribution in [3.63, 3.8) is 0 Å². The van der Waals surface area contributed by atoms with Crippen molar-refractivity contribution in [3.05, 3.63) is 12.7 Å². The summed E-state index contributed by atoms with van der Waals surface area (Å²) in [6, 6.07) is 0. The van der Waals surface area contributed by atoms with Crippen LogP contribution in [0.2, 0.25) is 0 Å². The summed E-state index contributed by atoms with van der Waals surface area (Å²) in [5.41, 5.74) is 0. The molecule has 0 rings (SSSR count). The van der Waals surface area contributed by atoms with Crippen molar-refractivity contribution in [3.8, 4) is 0 Å². The second-order valence-corrected chi connectivity index (χ2v) is 3.93. The topological polar surface area (TPSA) is 26.3 Å². The van der Waals surface area contributed by atoms with Gasteiger partial charge in [-0.1, -0.05) is 52.5 Å². The molecule has 0 aromatic heterocycles. The van der Waals surface area contributed by atoms with Gasteiger partial charge in [0.25, 0.3) is 0 Å². The summed E-state index contributed by atoms with van der Waals surface area (Å²) in [7, 11) is 0. The fourth-order valence-corrected chi connectivity index (χ4v) is 1.62. The molecule has 0 aromatic carbocycles. The van der Waals surface area contributed by atoms with Crippen LogP contribution in [0.3, 0.4) is 0 Å². The van der Waals surface area contributed by atoms with Crippen LogP contribution in [0.1, 0.15) is 52.4 Å². The van der Waals surface area contributed by atoms with Crippen molar-refractivity contribution in [2.45, 2.75) is 52.4 Å². The van der Waals surface area contributed by atoms with Crippen molar-refractivity contribution >= 4 is 5.97 Å². The summed E-state index contributed by atoms with van der Waals surface area (Å²) in [6.45, 7) is 8.32. The number of rotatable bonds is 9. The Morgan fingerprint density at radius 3 is 2.60 bits per heavy atom. The minimum atomic E-state index is -0.307. The molecule has 0 fully saturated rings. The molecular formula is C13H24O2. The first kappa shape index (κ1) is 14.2. The first-order valence-corrected chi connectivity index (χ1v) is 6.03. The number of hydrogen-bond donors (Lipinski definition) is 0. The van der Waals surface area contributed by atoms with E-state index in [1.165, 1.54) is 38.2 Å². The average Bonchev–Trinajstić information content (AvgIpc) is 2.26. The third-order valence-corrected chi connectivity index (χ3v) is 2.73. The highest BCUT2D eigenvalue weighted by molar-refractivity contribution is 5.81. The Morgan fingerprint density at radius 2 is 2.07 bits per heavy atom. The van der Waals surface area contributed by atoms with Gasteiger partial charge in [0.1, 0.15) is 0 Å². The summed E-state index contributed by atoms with van der Waals surface area (Å²) in [5, 5.41) is 0. The van der Waals surface area contributed by atoms with Crippen LogP contribution in [-0.2, 0) is 9.53 Å². The van der Waals surface area contributed by atoms with Gasteiger partial charge in [-0.25, -0.2) is 4.79 Å². The molecule has 0 saturated carbocycles. The van der Waals surface area contributed by atoms with Gasteiger partial charge in [-0.15, -0.1) is 0 Å². The van der Waals surface area contributed by atoms with Crippen molar-refractivity contribution in [2.75, 3.05) is 6.61 Å². The molecule has 0 spiro atoms. The molecule has 1 atom stereocenters. The molecule has 2 heteroatoms. The van der Waals surface area contributed by atoms with E-state index in [9.17, 15) is 4.79 Å². The van der Waals surface area contributed by atoms with Crippen LogP contribution in [0.25, 0.3) is 0 Å². The highest BCUT2D eigenvalue weighted by Crippen LogP contribution is 2.17. The maximum Gasteiger partial charge on any atom is 0.330 e. The smallest absolute Gasteiger partial charge is 0.330 e. The molecule has 0 aromatic rings. The molecular weight excluding hydrogens is 188 g/mol. The first-order chi connectivity index (χ1) is 7.24. The highest BCUT2D eigenvalue weighted by atomic mass is 16.5. The monoisotopic (exact) mass is 212 g/mol. The molecule has 0 aliphatic carbocycles. The van der Waals surface area contributed by atoms with Gasteiger partial charge in [-0.3, -0.25) is 0 Å². The lowest BCUT2D eigenvalue weighted by atomic mass is 9.96. The maximum absolute atomic E-state index is 10.8. The molecule has 1 unspecified atom stereocenters. The Balaban J connectivity index is 3.51. The Morgan fingerprint density at radius 1 is 1.33 bits per heavy atom. The first-order valence-electron chi connectivity index (χ1n) is 6.03. The van der Waals surface area contributed by atoms with Gasteiger partial charge in [0.15, 0.2) is 0 Å². The zero-order chi connectivity index (χ0) is 11.5. The molecule has 0 N–H and O–H groups in total. The van der Waals surface area contributed by atoms with E-state index in [0.717, 1.165) is 6.42 Å². The average molecular weight is 212 g/mol. The molecule has 0 amide bonds. The Bertz CT molecular complexity index is 175. The summed E-state index contributed by atoms with van der Waals surface area (Å²) in [5.74, 6) is 0.396. The van der Waals surface area contributed by atoms with E-state index in [4.69, 9.17) is 4.74 Å². The fraction of sp³-hybridized carbons (Fsp3) is 0.769. The van der Waals surface area contributed by atoms with Crippen LogP contribution in [0.5, 0.6) is 0 Å². The lowest BCUT2D eigenvalue weighted by Gasteiger charge is -2.13. The number of unbranched alkanes of at least 4 members (excludes halogenated alkanes) is 2. The van der Waals surface area contributed by atoms with E-state index in [1.807, 2.05) is 0 Å². The summed E-state index contributed by atoms with van der Waals surface area (Å²) in [6.07, 6.45) is 8.51. The predicted octanol–water partition coefficient (Wildman–Crippen LogP) is 3.71. The largest absolute Gasteiger partial charge is 0.463 e. The molecule has 0 saturated heterocycles. The minimum absolute atomic E-state index is 0.307. The van der Waals surface area contributed by atoms with Crippen LogP contribution in [0.15, 0.2) is 12.7 Å². The SMILES string of the molecule is C=CC(=O)OCCC(CC)CCCCC. The zero-order valence-corrected chi connectivity index (χ0v) is 10.1. The lowest BCUT2D eigenvalue weighted by Crippen LogP contribution is -2.07. The quantitative estimate of drug-likeness (QED) is 0.331. The molecule has 0 heterocycles. The summed E-state index contributed by atoms with van der Waals surface area (Å²) >= 11 is 0. The minimum Gasteiger partial charge on any atom is -0.463 e. The fourth-order valence-electron chi connectivity index (χ4n) is 1.62. The normalized spacial score (nSPS) is 12.1. The number of hydrogen-bond acceptors (Lipinski definition) is 2. The Labute approximate surface area is 93.7 Å². The lowest BCUT2D eigenvalue weighted by molar-refractivity contribution is -0.138. The van der Waals surface area contributed by atoms with E-state index >= 15 is 0 Å². The summed E-state index contributed by atoms with van der Waals surface area (Å²) < 4.78 is 4.97. The van der Waals surface area contributed by atoms with Crippen LogP contribution in [-0.4, -0.2) is 12.6 Å². The zero-order valence-electron chi connectivity index (χ0n) is 10.1. The second-order valence-electron chi connectivity index (χ2n) is 3.93. The van der Waals surface area contributed by atoms with Gasteiger partial charge in [0.2, 0.25) is 0 Å². The van der Waals surface area contributed by atoms with Gasteiger partial charge in [-0.05, 0) is 12.3 Å². The highest BCUT2D eigenvalue weighted by Gasteiger charge is 2.06. The van der Waals surface area contributed by atoms with E-state index in [2.05, 4.69) is 20.4 Å². The number of ether oxygens (including phenoxy) is 1. The Kier molecular flexibility index (Phi) is 9.24. The van der Waals surface area contributed by atoms with Crippen LogP contribution >= 0.6 is 0 Å². The summed E-state index contributed by atoms with van der Waals surface area (Å²) in [4.78, 5) is 10.8. The second kappa shape index (κ2) is 9.75. The predicted molar refractivity (Wildman–Crippen MR) is 63.7 cm³/mol. The molecule has 2 nitrogen and oxygen atoms in total. The molecule has 0 bridgehead atoms. The van der Waals surface area contributed by atoms with Gasteiger partial charge < -0.3 is 4.74 Å². The van der Waals surface area contributed by atoms with E-state index in [1.54, 1.807) is 0 Å². The van der Waals surface area contributed by atoms with Crippen LogP contribution in [0.4, 0.5) is 0 Å². The van der Waals surface area contributed by atoms with Crippen molar-refractivity contribution < 1.29 is 9.53 Å². The van der Waals surface area contributed by atoms with Gasteiger partial charge in [-0.2, -0.15) is 0 Å². The van der Waals surface area contributed by atoms with Crippen molar-refractivity contribution in [1.82, 2.24) is 0 Å². The van der Waals surface area contributed by atoms with Gasteiger partial charge in [0.05, 0.1) is 6.61 Å². The molecule has 0 aliphatic rings. The van der Waals surface area contributed by atoms with E-state index in [0.29, 0.717) is 12.5 Å². The van der Waals surface area contributed by atoms with Gasteiger partial charge in [0, 0.05) is 6.08 Å². The molecule has 88 valence electrons.